The number of rotatable bonds is 6. The standard InChI is InChI=1S/C22H29N5O3S/c23-12-18-3-2-6-27(18)20(28)14-25-21-8-16-7-17(9-21)11-22(10-16,15-21)26-31(29,30)19-4-1-5-24-13-19/h1,4-5,13,16-18,25-26H,2-3,6-11,14-15H2/t16?,17?,18-,21?,22?/m1/s1. The molecule has 2 heterocycles. The molecule has 4 aliphatic carbocycles. The third-order valence-corrected chi connectivity index (χ3v) is 9.26. The molecule has 1 aliphatic heterocycles. The van der Waals surface area contributed by atoms with Crippen LogP contribution in [0.15, 0.2) is 29.4 Å². The smallest absolute Gasteiger partial charge is 0.242 e. The van der Waals surface area contributed by atoms with E-state index in [0.717, 1.165) is 44.9 Å². The van der Waals surface area contributed by atoms with Gasteiger partial charge < -0.3 is 10.2 Å². The molecule has 0 radical (unpaired) electrons. The zero-order chi connectivity index (χ0) is 21.7. The molecule has 3 atom stereocenters. The minimum atomic E-state index is -3.66. The van der Waals surface area contributed by atoms with Crippen molar-refractivity contribution in [1.29, 1.82) is 5.26 Å². The van der Waals surface area contributed by atoms with E-state index < -0.39 is 15.6 Å². The first-order valence-electron chi connectivity index (χ1n) is 11.2. The Morgan fingerprint density at radius 2 is 2.00 bits per heavy atom. The average molecular weight is 444 g/mol. The maximum Gasteiger partial charge on any atom is 0.242 e. The number of hydrogen-bond donors (Lipinski definition) is 2. The van der Waals surface area contributed by atoms with Crippen molar-refractivity contribution in [3.63, 3.8) is 0 Å². The topological polar surface area (TPSA) is 115 Å². The number of carbonyl (C=O) groups is 1. The van der Waals surface area contributed by atoms with Gasteiger partial charge in [0.1, 0.15) is 10.9 Å². The molecule has 4 saturated carbocycles. The molecule has 2 N–H and O–H groups in total. The van der Waals surface area contributed by atoms with Crippen molar-refractivity contribution in [2.75, 3.05) is 13.1 Å². The van der Waals surface area contributed by atoms with Crippen LogP contribution < -0.4 is 10.0 Å². The molecule has 5 aliphatic rings. The fourth-order valence-corrected chi connectivity index (χ4v) is 8.39. The number of likely N-dealkylation sites (tertiary alicyclic amines) is 1. The molecular weight excluding hydrogens is 414 g/mol. The van der Waals surface area contributed by atoms with Crippen molar-refractivity contribution in [1.82, 2.24) is 19.9 Å². The lowest BCUT2D eigenvalue weighted by molar-refractivity contribution is -0.131. The highest BCUT2D eigenvalue weighted by atomic mass is 32.2. The Morgan fingerprint density at radius 3 is 2.68 bits per heavy atom. The second-order valence-corrected chi connectivity index (χ2v) is 11.7. The summed E-state index contributed by atoms with van der Waals surface area (Å²) in [5.41, 5.74) is -0.698. The molecule has 1 saturated heterocycles. The highest BCUT2D eigenvalue weighted by Crippen LogP contribution is 2.57. The van der Waals surface area contributed by atoms with Crippen molar-refractivity contribution < 1.29 is 13.2 Å². The highest BCUT2D eigenvalue weighted by Gasteiger charge is 2.58. The number of nitrogens with zero attached hydrogens (tertiary/aromatic N) is 3. The molecule has 2 unspecified atom stereocenters. The number of carbonyl (C=O) groups excluding carboxylic acids is 1. The Morgan fingerprint density at radius 1 is 1.26 bits per heavy atom. The average Bonchev–Trinajstić information content (AvgIpc) is 3.20. The van der Waals surface area contributed by atoms with Crippen LogP contribution in [0.3, 0.4) is 0 Å². The Balaban J connectivity index is 1.32. The summed E-state index contributed by atoms with van der Waals surface area (Å²) < 4.78 is 29.2. The van der Waals surface area contributed by atoms with Gasteiger partial charge in [-0.3, -0.25) is 9.78 Å². The van der Waals surface area contributed by atoms with E-state index in [9.17, 15) is 18.5 Å². The maximum atomic E-state index is 13.1. The van der Waals surface area contributed by atoms with E-state index in [0.29, 0.717) is 24.8 Å². The van der Waals surface area contributed by atoms with E-state index >= 15 is 0 Å². The summed E-state index contributed by atoms with van der Waals surface area (Å²) in [5, 5.41) is 12.8. The van der Waals surface area contributed by atoms with E-state index in [1.54, 1.807) is 23.2 Å². The maximum absolute atomic E-state index is 13.1. The monoisotopic (exact) mass is 443 g/mol. The minimum absolute atomic E-state index is 0.0233. The van der Waals surface area contributed by atoms with Crippen LogP contribution in [-0.4, -0.2) is 54.4 Å². The fourth-order valence-electron chi connectivity index (χ4n) is 7.00. The predicted octanol–water partition coefficient (Wildman–Crippen LogP) is 1.56. The summed E-state index contributed by atoms with van der Waals surface area (Å²) in [5.74, 6) is 0.892. The lowest BCUT2D eigenvalue weighted by Gasteiger charge is -2.62. The second-order valence-electron chi connectivity index (χ2n) is 10.0. The third kappa shape index (κ3) is 3.86. The Hall–Kier alpha value is -2.02. The van der Waals surface area contributed by atoms with Gasteiger partial charge in [-0.2, -0.15) is 5.26 Å². The molecule has 6 rings (SSSR count). The lowest BCUT2D eigenvalue weighted by Crippen LogP contribution is -2.69. The number of aromatic nitrogens is 1. The number of sulfonamides is 1. The van der Waals surface area contributed by atoms with Crippen molar-refractivity contribution in [3.05, 3.63) is 24.5 Å². The quantitative estimate of drug-likeness (QED) is 0.689. The van der Waals surface area contributed by atoms with Crippen LogP contribution >= 0.6 is 0 Å². The van der Waals surface area contributed by atoms with E-state index in [4.69, 9.17) is 0 Å². The van der Waals surface area contributed by atoms with Gasteiger partial charge in [0.2, 0.25) is 15.9 Å². The first-order chi connectivity index (χ1) is 14.8. The molecule has 1 amide bonds. The summed E-state index contributed by atoms with van der Waals surface area (Å²) in [4.78, 5) is 18.6. The van der Waals surface area contributed by atoms with Crippen molar-refractivity contribution in [2.45, 2.75) is 73.4 Å². The number of pyridine rings is 1. The van der Waals surface area contributed by atoms with E-state index in [-0.39, 0.29) is 28.9 Å². The van der Waals surface area contributed by atoms with Crippen LogP contribution in [0.2, 0.25) is 0 Å². The second kappa shape index (κ2) is 7.54. The molecule has 8 nitrogen and oxygen atoms in total. The first kappa shape index (κ1) is 20.9. The number of hydrogen-bond acceptors (Lipinski definition) is 6. The number of nitrogens with one attached hydrogen (secondary N) is 2. The van der Waals surface area contributed by atoms with Gasteiger partial charge in [0, 0.05) is 30.0 Å². The summed E-state index contributed by atoms with van der Waals surface area (Å²) in [6.07, 6.45) is 10.1. The Kier molecular flexibility index (Phi) is 5.07. The largest absolute Gasteiger partial charge is 0.326 e. The molecule has 9 heteroatoms. The van der Waals surface area contributed by atoms with Crippen molar-refractivity contribution >= 4 is 15.9 Å². The molecule has 31 heavy (non-hydrogen) atoms. The van der Waals surface area contributed by atoms with E-state index in [1.165, 1.54) is 6.20 Å². The van der Waals surface area contributed by atoms with Gasteiger partial charge in [-0.1, -0.05) is 0 Å². The van der Waals surface area contributed by atoms with Crippen molar-refractivity contribution in [3.8, 4) is 6.07 Å². The number of amides is 1. The van der Waals surface area contributed by atoms with Gasteiger partial charge in [0.15, 0.2) is 0 Å². The van der Waals surface area contributed by atoms with Crippen LogP contribution in [0.5, 0.6) is 0 Å². The normalized spacial score (nSPS) is 36.5. The molecule has 166 valence electrons. The van der Waals surface area contributed by atoms with Gasteiger partial charge in [0.05, 0.1) is 12.6 Å². The fraction of sp³-hybridized carbons (Fsp3) is 0.682. The molecule has 1 aromatic heterocycles. The van der Waals surface area contributed by atoms with E-state index in [2.05, 4.69) is 21.1 Å². The molecule has 1 aromatic rings. The van der Waals surface area contributed by atoms with Gasteiger partial charge in [-0.15, -0.1) is 0 Å². The summed E-state index contributed by atoms with van der Waals surface area (Å²) in [6.45, 7) is 0.856. The van der Waals surface area contributed by atoms with Crippen LogP contribution in [0, 0.1) is 23.2 Å². The summed E-state index contributed by atoms with van der Waals surface area (Å²) in [6, 6.07) is 5.12. The first-order valence-corrected chi connectivity index (χ1v) is 12.7. The van der Waals surface area contributed by atoms with Crippen molar-refractivity contribution in [2.24, 2.45) is 11.8 Å². The van der Waals surface area contributed by atoms with E-state index in [1.807, 2.05) is 0 Å². The van der Waals surface area contributed by atoms with Crippen LogP contribution in [-0.2, 0) is 14.8 Å². The summed E-state index contributed by atoms with van der Waals surface area (Å²) >= 11 is 0. The van der Waals surface area contributed by atoms with Gasteiger partial charge >= 0.3 is 0 Å². The zero-order valence-corrected chi connectivity index (χ0v) is 18.4. The van der Waals surface area contributed by atoms with Crippen LogP contribution in [0.1, 0.15) is 51.4 Å². The lowest BCUT2D eigenvalue weighted by atomic mass is 9.50. The molecule has 5 fully saturated rings. The zero-order valence-electron chi connectivity index (χ0n) is 17.6. The van der Waals surface area contributed by atoms with Gasteiger partial charge in [-0.05, 0) is 75.3 Å². The van der Waals surface area contributed by atoms with Crippen LogP contribution in [0.25, 0.3) is 0 Å². The molecule has 4 bridgehead atoms. The summed E-state index contributed by atoms with van der Waals surface area (Å²) in [7, 11) is -3.66. The molecule has 0 spiro atoms. The Labute approximate surface area is 183 Å². The molecular formula is C22H29N5O3S. The Bertz CT molecular complexity index is 992. The van der Waals surface area contributed by atoms with Gasteiger partial charge in [-0.25, -0.2) is 13.1 Å². The molecule has 0 aromatic carbocycles. The predicted molar refractivity (Wildman–Crippen MR) is 113 cm³/mol. The SMILES string of the molecule is N#C[C@H]1CCCN1C(=O)CNC12CC3CC(C1)CC(NS(=O)(=O)c1cccnc1)(C3)C2. The number of nitriles is 1. The van der Waals surface area contributed by atoms with Crippen LogP contribution in [0.4, 0.5) is 0 Å². The highest BCUT2D eigenvalue weighted by molar-refractivity contribution is 7.89. The van der Waals surface area contributed by atoms with Gasteiger partial charge in [0.25, 0.3) is 0 Å². The third-order valence-electron chi connectivity index (χ3n) is 7.69. The minimum Gasteiger partial charge on any atom is -0.326 e.